The number of rotatable bonds is 6. The number of nitrogen functional groups attached to an aromatic ring is 1. The Bertz CT molecular complexity index is 708. The van der Waals surface area contributed by atoms with Gasteiger partial charge in [-0.05, 0) is 55.6 Å². The Kier molecular flexibility index (Phi) is 6.29. The molecule has 138 valence electrons. The maximum Gasteiger partial charge on any atom is 0.253 e. The van der Waals surface area contributed by atoms with Crippen LogP contribution >= 0.6 is 0 Å². The highest BCUT2D eigenvalue weighted by atomic mass is 16.2. The SMILES string of the molecule is CCCN(Cc1cccc(N)c1)C1CCN(C(=O)c2ccccc2)CC1. The molecule has 2 N–H and O–H groups in total. The molecule has 0 bridgehead atoms. The van der Waals surface area contributed by atoms with E-state index >= 15 is 0 Å². The van der Waals surface area contributed by atoms with Crippen molar-refractivity contribution in [1.29, 1.82) is 0 Å². The Morgan fingerprint density at radius 2 is 1.85 bits per heavy atom. The first kappa shape index (κ1) is 18.5. The number of amides is 1. The molecular formula is C22H29N3O. The van der Waals surface area contributed by atoms with Gasteiger partial charge in [-0.2, -0.15) is 0 Å². The molecule has 26 heavy (non-hydrogen) atoms. The summed E-state index contributed by atoms with van der Waals surface area (Å²) in [7, 11) is 0. The van der Waals surface area contributed by atoms with E-state index in [0.717, 1.165) is 56.7 Å². The van der Waals surface area contributed by atoms with Gasteiger partial charge in [0.1, 0.15) is 0 Å². The summed E-state index contributed by atoms with van der Waals surface area (Å²) < 4.78 is 0. The summed E-state index contributed by atoms with van der Waals surface area (Å²) in [6, 6.07) is 18.3. The molecule has 0 aliphatic carbocycles. The molecule has 2 aromatic rings. The summed E-state index contributed by atoms with van der Waals surface area (Å²) in [4.78, 5) is 17.2. The van der Waals surface area contributed by atoms with Crippen LogP contribution in [0.4, 0.5) is 5.69 Å². The van der Waals surface area contributed by atoms with Crippen LogP contribution < -0.4 is 5.73 Å². The molecule has 4 nitrogen and oxygen atoms in total. The molecule has 1 aliphatic heterocycles. The van der Waals surface area contributed by atoms with E-state index in [0.29, 0.717) is 6.04 Å². The van der Waals surface area contributed by atoms with Gasteiger partial charge in [0, 0.05) is 36.9 Å². The second kappa shape index (κ2) is 8.86. The molecule has 2 aromatic carbocycles. The van der Waals surface area contributed by atoms with Crippen LogP contribution in [0.2, 0.25) is 0 Å². The third-order valence-electron chi connectivity index (χ3n) is 5.14. The molecule has 1 aliphatic rings. The smallest absolute Gasteiger partial charge is 0.253 e. The highest BCUT2D eigenvalue weighted by Crippen LogP contribution is 2.21. The average molecular weight is 351 g/mol. The molecule has 1 saturated heterocycles. The predicted molar refractivity (Wildman–Crippen MR) is 107 cm³/mol. The zero-order valence-electron chi connectivity index (χ0n) is 15.6. The first-order valence-electron chi connectivity index (χ1n) is 9.60. The number of likely N-dealkylation sites (tertiary alicyclic amines) is 1. The summed E-state index contributed by atoms with van der Waals surface area (Å²) in [5.74, 6) is 0.155. The minimum Gasteiger partial charge on any atom is -0.399 e. The third kappa shape index (κ3) is 4.64. The molecule has 3 rings (SSSR count). The van der Waals surface area contributed by atoms with Gasteiger partial charge < -0.3 is 10.6 Å². The first-order valence-corrected chi connectivity index (χ1v) is 9.60. The van der Waals surface area contributed by atoms with E-state index in [1.807, 2.05) is 47.4 Å². The third-order valence-corrected chi connectivity index (χ3v) is 5.14. The van der Waals surface area contributed by atoms with Gasteiger partial charge in [-0.1, -0.05) is 37.3 Å². The monoisotopic (exact) mass is 351 g/mol. The fourth-order valence-corrected chi connectivity index (χ4v) is 3.80. The van der Waals surface area contributed by atoms with E-state index in [9.17, 15) is 4.79 Å². The second-order valence-corrected chi connectivity index (χ2v) is 7.10. The van der Waals surface area contributed by atoms with Gasteiger partial charge in [-0.25, -0.2) is 0 Å². The highest BCUT2D eigenvalue weighted by Gasteiger charge is 2.27. The summed E-state index contributed by atoms with van der Waals surface area (Å²) in [6.07, 6.45) is 3.19. The van der Waals surface area contributed by atoms with Crippen LogP contribution in [-0.4, -0.2) is 41.4 Å². The molecule has 0 atom stereocenters. The maximum atomic E-state index is 12.6. The number of anilines is 1. The first-order chi connectivity index (χ1) is 12.7. The Hall–Kier alpha value is -2.33. The van der Waals surface area contributed by atoms with Gasteiger partial charge in [-0.15, -0.1) is 0 Å². The molecule has 0 unspecified atom stereocenters. The van der Waals surface area contributed by atoms with Crippen LogP contribution in [-0.2, 0) is 6.54 Å². The average Bonchev–Trinajstić information content (AvgIpc) is 2.68. The Morgan fingerprint density at radius 1 is 1.12 bits per heavy atom. The molecule has 0 radical (unpaired) electrons. The van der Waals surface area contributed by atoms with Gasteiger partial charge in [0.25, 0.3) is 5.91 Å². The van der Waals surface area contributed by atoms with E-state index in [2.05, 4.69) is 24.0 Å². The summed E-state index contributed by atoms with van der Waals surface area (Å²) in [5, 5.41) is 0. The van der Waals surface area contributed by atoms with Crippen molar-refractivity contribution >= 4 is 11.6 Å². The summed E-state index contributed by atoms with van der Waals surface area (Å²) >= 11 is 0. The van der Waals surface area contributed by atoms with Gasteiger partial charge in [0.05, 0.1) is 0 Å². The van der Waals surface area contributed by atoms with E-state index in [-0.39, 0.29) is 5.91 Å². The molecule has 1 fully saturated rings. The number of nitrogens with two attached hydrogens (primary N) is 1. The molecule has 0 spiro atoms. The van der Waals surface area contributed by atoms with E-state index in [1.54, 1.807) is 0 Å². The van der Waals surface area contributed by atoms with Crippen molar-refractivity contribution in [3.63, 3.8) is 0 Å². The lowest BCUT2D eigenvalue weighted by Crippen LogP contribution is -2.46. The minimum absolute atomic E-state index is 0.155. The van der Waals surface area contributed by atoms with Gasteiger partial charge >= 0.3 is 0 Å². The van der Waals surface area contributed by atoms with Crippen LogP contribution in [0.3, 0.4) is 0 Å². The maximum absolute atomic E-state index is 12.6. The fraction of sp³-hybridized carbons (Fsp3) is 0.409. The number of hydrogen-bond acceptors (Lipinski definition) is 3. The van der Waals surface area contributed by atoms with E-state index in [4.69, 9.17) is 5.73 Å². The standard InChI is InChI=1S/C22H29N3O/c1-2-13-25(17-18-7-6-10-20(23)16-18)21-11-14-24(15-12-21)22(26)19-8-4-3-5-9-19/h3-10,16,21H,2,11-15,17,23H2,1H3. The van der Waals surface area contributed by atoms with E-state index < -0.39 is 0 Å². The van der Waals surface area contributed by atoms with Gasteiger partial charge in [0.2, 0.25) is 0 Å². The zero-order chi connectivity index (χ0) is 18.4. The summed E-state index contributed by atoms with van der Waals surface area (Å²) in [5.41, 5.74) is 8.81. The van der Waals surface area contributed by atoms with Gasteiger partial charge in [-0.3, -0.25) is 9.69 Å². The largest absolute Gasteiger partial charge is 0.399 e. The van der Waals surface area contributed by atoms with Crippen molar-refractivity contribution in [2.75, 3.05) is 25.4 Å². The fourth-order valence-electron chi connectivity index (χ4n) is 3.80. The van der Waals surface area contributed by atoms with Crippen molar-refractivity contribution in [3.8, 4) is 0 Å². The Labute approximate surface area is 156 Å². The number of nitrogens with zero attached hydrogens (tertiary/aromatic N) is 2. The zero-order valence-corrected chi connectivity index (χ0v) is 15.6. The lowest BCUT2D eigenvalue weighted by atomic mass is 10.0. The summed E-state index contributed by atoms with van der Waals surface area (Å²) in [6.45, 7) is 5.88. The van der Waals surface area contributed by atoms with Crippen LogP contribution in [0.1, 0.15) is 42.1 Å². The Morgan fingerprint density at radius 3 is 2.50 bits per heavy atom. The quantitative estimate of drug-likeness (QED) is 0.806. The number of benzene rings is 2. The minimum atomic E-state index is 0.155. The van der Waals surface area contributed by atoms with Gasteiger partial charge in [0.15, 0.2) is 0 Å². The molecular weight excluding hydrogens is 322 g/mol. The number of hydrogen-bond donors (Lipinski definition) is 1. The van der Waals surface area contributed by atoms with Crippen LogP contribution in [0.25, 0.3) is 0 Å². The number of piperidine rings is 1. The molecule has 1 amide bonds. The lowest BCUT2D eigenvalue weighted by molar-refractivity contribution is 0.0607. The van der Waals surface area contributed by atoms with Crippen molar-refractivity contribution in [1.82, 2.24) is 9.80 Å². The molecule has 0 saturated carbocycles. The predicted octanol–water partition coefficient (Wildman–Crippen LogP) is 3.79. The Balaban J connectivity index is 1.60. The van der Waals surface area contributed by atoms with Crippen molar-refractivity contribution in [2.45, 2.75) is 38.8 Å². The van der Waals surface area contributed by atoms with Crippen molar-refractivity contribution < 1.29 is 4.79 Å². The van der Waals surface area contributed by atoms with Crippen LogP contribution in [0.15, 0.2) is 54.6 Å². The normalized spacial score (nSPS) is 15.4. The highest BCUT2D eigenvalue weighted by molar-refractivity contribution is 5.94. The van der Waals surface area contributed by atoms with Crippen LogP contribution in [0.5, 0.6) is 0 Å². The van der Waals surface area contributed by atoms with Crippen molar-refractivity contribution in [2.24, 2.45) is 0 Å². The topological polar surface area (TPSA) is 49.6 Å². The molecule has 0 aromatic heterocycles. The second-order valence-electron chi connectivity index (χ2n) is 7.10. The van der Waals surface area contributed by atoms with E-state index in [1.165, 1.54) is 5.56 Å². The van der Waals surface area contributed by atoms with Crippen molar-refractivity contribution in [3.05, 3.63) is 65.7 Å². The number of carbonyl (C=O) groups is 1. The van der Waals surface area contributed by atoms with Crippen LogP contribution in [0, 0.1) is 0 Å². The lowest BCUT2D eigenvalue weighted by Gasteiger charge is -2.38. The molecule has 1 heterocycles. The number of carbonyl (C=O) groups excluding carboxylic acids is 1. The molecule has 4 heteroatoms.